The molecule has 0 bridgehead atoms. The zero-order chi connectivity index (χ0) is 23.1. The summed E-state index contributed by atoms with van der Waals surface area (Å²) in [4.78, 5) is 22.9. The molecule has 0 radical (unpaired) electrons. The van der Waals surface area contributed by atoms with Crippen LogP contribution in [0.25, 0.3) is 5.65 Å². The van der Waals surface area contributed by atoms with E-state index in [2.05, 4.69) is 4.98 Å². The fourth-order valence-electron chi connectivity index (χ4n) is 5.23. The molecule has 1 aliphatic carbocycles. The molecule has 33 heavy (non-hydrogen) atoms. The number of halogens is 3. The van der Waals surface area contributed by atoms with Gasteiger partial charge in [-0.25, -0.2) is 23.2 Å². The van der Waals surface area contributed by atoms with Gasteiger partial charge in [0.15, 0.2) is 11.5 Å². The van der Waals surface area contributed by atoms with Gasteiger partial charge in [-0.05, 0) is 74.3 Å². The Morgan fingerprint density at radius 3 is 2.48 bits per heavy atom. The molecule has 2 aliphatic rings. The Morgan fingerprint density at radius 2 is 1.76 bits per heavy atom. The van der Waals surface area contributed by atoms with Gasteiger partial charge in [-0.1, -0.05) is 0 Å². The Bertz CT molecular complexity index is 1170. The van der Waals surface area contributed by atoms with Crippen molar-refractivity contribution in [1.82, 2.24) is 14.4 Å². The van der Waals surface area contributed by atoms with Gasteiger partial charge in [0.1, 0.15) is 11.6 Å². The van der Waals surface area contributed by atoms with Gasteiger partial charge >= 0.3 is 0 Å². The second kappa shape index (κ2) is 8.82. The maximum Gasteiger partial charge on any atom is 0.249 e. The molecule has 1 aromatic carbocycles. The van der Waals surface area contributed by atoms with E-state index in [0.29, 0.717) is 43.0 Å². The topological polar surface area (TPSA) is 46.8 Å². The number of carbonyl (C=O) groups is 1. The first-order chi connectivity index (χ1) is 15.9. The lowest BCUT2D eigenvalue weighted by molar-refractivity contribution is -0.183. The van der Waals surface area contributed by atoms with Gasteiger partial charge in [0.25, 0.3) is 0 Å². The Hall–Kier alpha value is -2.87. The summed E-state index contributed by atoms with van der Waals surface area (Å²) >= 11 is 0. The highest BCUT2D eigenvalue weighted by Crippen LogP contribution is 2.37. The summed E-state index contributed by atoms with van der Waals surface area (Å²) in [5.41, 5.74) is 2.44. The van der Waals surface area contributed by atoms with Crippen LogP contribution in [0.3, 0.4) is 0 Å². The first-order valence-corrected chi connectivity index (χ1v) is 11.4. The highest BCUT2D eigenvalue weighted by Gasteiger charge is 2.37. The van der Waals surface area contributed by atoms with E-state index in [1.165, 1.54) is 17.2 Å². The van der Waals surface area contributed by atoms with E-state index in [1.54, 1.807) is 10.5 Å². The molecule has 0 unspecified atom stereocenters. The number of pyridine rings is 1. The summed E-state index contributed by atoms with van der Waals surface area (Å²) in [7, 11) is 0. The average molecular weight is 457 g/mol. The predicted octanol–water partition coefficient (Wildman–Crippen LogP) is 5.31. The molecule has 5 rings (SSSR count). The zero-order valence-electron chi connectivity index (χ0n) is 18.4. The van der Waals surface area contributed by atoms with Crippen molar-refractivity contribution in [2.45, 2.75) is 51.5 Å². The van der Waals surface area contributed by atoms with Crippen molar-refractivity contribution in [3.63, 3.8) is 0 Å². The number of imidazole rings is 1. The SMILES string of the molecule is Cc1cn2cc(CC3CCC(C(=O)N4OCC[C@H]4c4cc(F)cc(F)c4)CC3)cc(F)c2n1. The molecular formula is C25H26F3N3O2. The molecule has 174 valence electrons. The second-order valence-corrected chi connectivity index (χ2v) is 9.24. The number of fused-ring (bicyclic) bond motifs is 1. The number of rotatable bonds is 4. The first-order valence-electron chi connectivity index (χ1n) is 11.4. The monoisotopic (exact) mass is 457 g/mol. The van der Waals surface area contributed by atoms with Crippen molar-refractivity contribution < 1.29 is 22.8 Å². The molecule has 1 amide bonds. The van der Waals surface area contributed by atoms with Crippen LogP contribution in [0.1, 0.15) is 55.0 Å². The zero-order valence-corrected chi connectivity index (χ0v) is 18.4. The fraction of sp³-hybridized carbons (Fsp3) is 0.440. The maximum atomic E-state index is 14.4. The third-order valence-electron chi connectivity index (χ3n) is 6.80. The van der Waals surface area contributed by atoms with E-state index < -0.39 is 17.7 Å². The molecule has 1 atom stereocenters. The van der Waals surface area contributed by atoms with Gasteiger partial charge in [-0.15, -0.1) is 0 Å². The van der Waals surface area contributed by atoms with Crippen LogP contribution in [0.15, 0.2) is 36.7 Å². The molecule has 5 nitrogen and oxygen atoms in total. The van der Waals surface area contributed by atoms with Gasteiger partial charge < -0.3 is 4.40 Å². The summed E-state index contributed by atoms with van der Waals surface area (Å²) in [6.45, 7) is 2.18. The normalized spacial score (nSPS) is 23.4. The standard InChI is InChI=1S/C25H26F3N3O2/c1-15-13-30-14-17(9-22(28)24(30)29-15)8-16-2-4-18(5-3-16)25(32)31-23(6-7-33-31)19-10-20(26)12-21(27)11-19/h9-14,16,18,23H,2-8H2,1H3/t16?,18?,23-/m0/s1. The highest BCUT2D eigenvalue weighted by atomic mass is 19.1. The van der Waals surface area contributed by atoms with Crippen LogP contribution in [-0.4, -0.2) is 27.0 Å². The lowest BCUT2D eigenvalue weighted by atomic mass is 9.79. The molecule has 1 aliphatic heterocycles. The van der Waals surface area contributed by atoms with E-state index in [9.17, 15) is 18.0 Å². The molecular weight excluding hydrogens is 431 g/mol. The van der Waals surface area contributed by atoms with Crippen molar-refractivity contribution in [3.05, 3.63) is 70.9 Å². The van der Waals surface area contributed by atoms with Crippen molar-refractivity contribution in [2.24, 2.45) is 11.8 Å². The lowest BCUT2D eigenvalue weighted by Crippen LogP contribution is -2.36. The fourth-order valence-corrected chi connectivity index (χ4v) is 5.23. The number of aromatic nitrogens is 2. The van der Waals surface area contributed by atoms with Crippen molar-refractivity contribution in [1.29, 1.82) is 0 Å². The molecule has 0 N–H and O–H groups in total. The number of hydroxylamine groups is 2. The van der Waals surface area contributed by atoms with Crippen LogP contribution in [-0.2, 0) is 16.1 Å². The highest BCUT2D eigenvalue weighted by molar-refractivity contribution is 5.78. The smallest absolute Gasteiger partial charge is 0.249 e. The number of hydrogen-bond acceptors (Lipinski definition) is 3. The number of aryl methyl sites for hydroxylation is 1. The van der Waals surface area contributed by atoms with Gasteiger partial charge in [0, 0.05) is 30.8 Å². The summed E-state index contributed by atoms with van der Waals surface area (Å²) < 4.78 is 43.5. The van der Waals surface area contributed by atoms with Gasteiger partial charge in [0.2, 0.25) is 5.91 Å². The summed E-state index contributed by atoms with van der Waals surface area (Å²) in [6.07, 6.45) is 8.12. The Labute approximate surface area is 190 Å². The van der Waals surface area contributed by atoms with Crippen molar-refractivity contribution in [2.75, 3.05) is 6.61 Å². The third-order valence-corrected chi connectivity index (χ3v) is 6.80. The first kappa shape index (κ1) is 21.9. The lowest BCUT2D eigenvalue weighted by Gasteiger charge is -2.32. The summed E-state index contributed by atoms with van der Waals surface area (Å²) in [5.74, 6) is -1.59. The van der Waals surface area contributed by atoms with Crippen LogP contribution in [0.4, 0.5) is 13.2 Å². The molecule has 1 saturated carbocycles. The molecule has 1 saturated heterocycles. The van der Waals surface area contributed by atoms with Crippen molar-refractivity contribution >= 4 is 11.6 Å². The van der Waals surface area contributed by atoms with Crippen molar-refractivity contribution in [3.8, 4) is 0 Å². The summed E-state index contributed by atoms with van der Waals surface area (Å²) in [5, 5.41) is 1.32. The van der Waals surface area contributed by atoms with E-state index >= 15 is 0 Å². The minimum absolute atomic E-state index is 0.123. The molecule has 0 spiro atoms. The van der Waals surface area contributed by atoms with Gasteiger partial charge in [-0.2, -0.15) is 0 Å². The Kier molecular flexibility index (Phi) is 5.86. The predicted molar refractivity (Wildman–Crippen MR) is 116 cm³/mol. The van der Waals surface area contributed by atoms with E-state index in [-0.39, 0.29) is 17.6 Å². The molecule has 2 fully saturated rings. The van der Waals surface area contributed by atoms with E-state index in [4.69, 9.17) is 4.84 Å². The van der Waals surface area contributed by atoms with Gasteiger partial charge in [0.05, 0.1) is 18.3 Å². The minimum atomic E-state index is -0.662. The number of amides is 1. The number of hydrogen-bond donors (Lipinski definition) is 0. The molecule has 3 aromatic rings. The second-order valence-electron chi connectivity index (χ2n) is 9.24. The Morgan fingerprint density at radius 1 is 1.03 bits per heavy atom. The molecule has 2 aromatic heterocycles. The Balaban J connectivity index is 1.22. The van der Waals surface area contributed by atoms with E-state index in [0.717, 1.165) is 36.6 Å². The molecule has 8 heteroatoms. The van der Waals surface area contributed by atoms with Crippen LogP contribution in [0, 0.1) is 36.2 Å². The maximum absolute atomic E-state index is 14.4. The van der Waals surface area contributed by atoms with E-state index in [1.807, 2.05) is 19.3 Å². The summed E-state index contributed by atoms with van der Waals surface area (Å²) in [6, 6.07) is 4.42. The van der Waals surface area contributed by atoms with Crippen LogP contribution in [0.2, 0.25) is 0 Å². The average Bonchev–Trinajstić information content (AvgIpc) is 3.40. The minimum Gasteiger partial charge on any atom is -0.304 e. The van der Waals surface area contributed by atoms with Gasteiger partial charge in [-0.3, -0.25) is 9.63 Å². The van der Waals surface area contributed by atoms with Crippen LogP contribution < -0.4 is 0 Å². The third kappa shape index (κ3) is 4.49. The quantitative estimate of drug-likeness (QED) is 0.533. The number of carbonyl (C=O) groups excluding carboxylic acids is 1. The number of benzene rings is 1. The largest absolute Gasteiger partial charge is 0.304 e. The molecule has 3 heterocycles. The van der Waals surface area contributed by atoms with Crippen LogP contribution in [0.5, 0.6) is 0 Å². The number of nitrogens with zero attached hydrogens (tertiary/aromatic N) is 3. The van der Waals surface area contributed by atoms with Crippen LogP contribution >= 0.6 is 0 Å².